The Bertz CT molecular complexity index is 2760. The minimum absolute atomic E-state index is 0.952. The van der Waals surface area contributed by atoms with Gasteiger partial charge in [0.25, 0.3) is 0 Å². The van der Waals surface area contributed by atoms with Crippen LogP contribution in [0.15, 0.2) is 201 Å². The van der Waals surface area contributed by atoms with Gasteiger partial charge >= 0.3 is 0 Å². The fourth-order valence-corrected chi connectivity index (χ4v) is 7.60. The van der Waals surface area contributed by atoms with Crippen LogP contribution in [0.1, 0.15) is 0 Å². The zero-order valence-electron chi connectivity index (χ0n) is 28.8. The van der Waals surface area contributed by atoms with Crippen LogP contribution in [0, 0.1) is 0 Å². The number of pyridine rings is 2. The molecule has 0 N–H and O–H groups in total. The zero-order valence-corrected chi connectivity index (χ0v) is 28.8. The van der Waals surface area contributed by atoms with Gasteiger partial charge in [-0.15, -0.1) is 0 Å². The van der Waals surface area contributed by atoms with Crippen LogP contribution in [0.5, 0.6) is 0 Å². The summed E-state index contributed by atoms with van der Waals surface area (Å²) in [6.07, 6.45) is 7.74. The summed E-state index contributed by atoms with van der Waals surface area (Å²) in [6, 6.07) is 62.4. The third-order valence-corrected chi connectivity index (χ3v) is 10.1. The molecule has 0 spiro atoms. The Kier molecular flexibility index (Phi) is 7.40. The van der Waals surface area contributed by atoms with E-state index in [0.717, 1.165) is 56.3 Å². The van der Waals surface area contributed by atoms with E-state index in [1.165, 1.54) is 27.2 Å². The maximum absolute atomic E-state index is 4.59. The van der Waals surface area contributed by atoms with Crippen molar-refractivity contribution in [3.63, 3.8) is 0 Å². The molecule has 0 radical (unpaired) electrons. The van der Waals surface area contributed by atoms with Gasteiger partial charge in [0.1, 0.15) is 0 Å². The normalized spacial score (nSPS) is 11.4. The van der Waals surface area contributed by atoms with Crippen molar-refractivity contribution >= 4 is 49.8 Å². The number of fused-ring (bicyclic) bond motifs is 5. The molecule has 4 aromatic heterocycles. The third kappa shape index (κ3) is 5.34. The number of para-hydroxylation sites is 2. The largest absolute Gasteiger partial charge is 0.315 e. The molecule has 10 rings (SSSR count). The predicted molar refractivity (Wildman–Crippen MR) is 219 cm³/mol. The van der Waals surface area contributed by atoms with E-state index in [9.17, 15) is 0 Å². The Morgan fingerprint density at radius 3 is 1.85 bits per heavy atom. The highest BCUT2D eigenvalue weighted by Gasteiger charge is 2.21. The maximum atomic E-state index is 4.59. The van der Waals surface area contributed by atoms with Crippen molar-refractivity contribution < 1.29 is 0 Å². The first-order valence-corrected chi connectivity index (χ1v) is 17.8. The van der Waals surface area contributed by atoms with Crippen LogP contribution in [0.25, 0.3) is 66.5 Å². The molecule has 0 fully saturated rings. The number of rotatable bonds is 7. The molecule has 0 unspecified atom stereocenters. The van der Waals surface area contributed by atoms with Crippen molar-refractivity contribution in [3.8, 4) is 33.8 Å². The number of hydrogen-bond donors (Lipinski definition) is 0. The molecule has 53 heavy (non-hydrogen) atoms. The molecule has 0 bridgehead atoms. The summed E-state index contributed by atoms with van der Waals surface area (Å²) >= 11 is 0. The highest BCUT2D eigenvalue weighted by atomic mass is 15.1. The highest BCUT2D eigenvalue weighted by Crippen LogP contribution is 2.42. The Morgan fingerprint density at radius 1 is 0.453 bits per heavy atom. The second-order valence-corrected chi connectivity index (χ2v) is 13.2. The van der Waals surface area contributed by atoms with E-state index in [4.69, 9.17) is 0 Å². The van der Waals surface area contributed by atoms with Crippen LogP contribution >= 0.6 is 0 Å². The van der Waals surface area contributed by atoms with Gasteiger partial charge in [0.2, 0.25) is 0 Å². The summed E-state index contributed by atoms with van der Waals surface area (Å²) in [6.45, 7) is 0. The summed E-state index contributed by atoms with van der Waals surface area (Å²) in [5.41, 5.74) is 13.2. The van der Waals surface area contributed by atoms with E-state index < -0.39 is 0 Å². The molecule has 0 saturated heterocycles. The van der Waals surface area contributed by atoms with Gasteiger partial charge in [0, 0.05) is 74.9 Å². The minimum Gasteiger partial charge on any atom is -0.315 e. The summed E-state index contributed by atoms with van der Waals surface area (Å²) in [5.74, 6) is 0. The van der Waals surface area contributed by atoms with Crippen molar-refractivity contribution in [1.29, 1.82) is 0 Å². The van der Waals surface area contributed by atoms with E-state index in [1.54, 1.807) is 0 Å². The number of nitrogens with zero attached hydrogens (tertiary/aromatic N) is 5. The molecule has 250 valence electrons. The average Bonchev–Trinajstić information content (AvgIpc) is 3.82. The Morgan fingerprint density at radius 2 is 1.15 bits per heavy atom. The van der Waals surface area contributed by atoms with Crippen LogP contribution < -0.4 is 4.90 Å². The van der Waals surface area contributed by atoms with Crippen molar-refractivity contribution in [2.75, 3.05) is 4.90 Å². The van der Waals surface area contributed by atoms with E-state index >= 15 is 0 Å². The molecule has 6 aromatic carbocycles. The summed E-state index contributed by atoms with van der Waals surface area (Å²) < 4.78 is 4.74. The maximum Gasteiger partial charge on any atom is 0.0788 e. The second kappa shape index (κ2) is 12.8. The van der Waals surface area contributed by atoms with Gasteiger partial charge in [0.15, 0.2) is 0 Å². The standard InChI is InChI=1S/C48H33N5/c1-3-11-38(12-4-1)51-31-28-36-20-26-43-44-32-42(25-27-46(44)53(48(43)47(36)51)39-13-5-2-6-14-39)52(40-21-16-34(17-22-40)37-10-9-29-49-33-37)41-23-18-35(19-24-41)45-15-7-8-30-50-45/h1-33H. The Hall–Kier alpha value is -7.24. The lowest BCUT2D eigenvalue weighted by Crippen LogP contribution is -2.10. The molecular weight excluding hydrogens is 647 g/mol. The Balaban J connectivity index is 1.19. The van der Waals surface area contributed by atoms with E-state index in [1.807, 2.05) is 42.9 Å². The minimum atomic E-state index is 0.952. The van der Waals surface area contributed by atoms with E-state index in [2.05, 4.69) is 182 Å². The number of anilines is 3. The van der Waals surface area contributed by atoms with Crippen LogP contribution in [0.2, 0.25) is 0 Å². The quantitative estimate of drug-likeness (QED) is 0.168. The number of aromatic nitrogens is 4. The monoisotopic (exact) mass is 679 g/mol. The van der Waals surface area contributed by atoms with E-state index in [0.29, 0.717) is 0 Å². The Labute approximate surface area is 307 Å². The molecule has 0 saturated carbocycles. The molecule has 0 aliphatic heterocycles. The van der Waals surface area contributed by atoms with Gasteiger partial charge in [-0.1, -0.05) is 84.9 Å². The molecular formula is C48H33N5. The molecule has 0 aliphatic rings. The lowest BCUT2D eigenvalue weighted by atomic mass is 10.1. The fraction of sp³-hybridized carbons (Fsp3) is 0. The van der Waals surface area contributed by atoms with Crippen molar-refractivity contribution in [2.45, 2.75) is 0 Å². The predicted octanol–water partition coefficient (Wildman–Crippen LogP) is 12.3. The van der Waals surface area contributed by atoms with Crippen molar-refractivity contribution in [2.24, 2.45) is 0 Å². The first-order chi connectivity index (χ1) is 26.3. The number of hydrogen-bond acceptors (Lipinski definition) is 3. The smallest absolute Gasteiger partial charge is 0.0788 e. The molecule has 4 heterocycles. The van der Waals surface area contributed by atoms with Gasteiger partial charge in [-0.3, -0.25) is 9.97 Å². The van der Waals surface area contributed by atoms with Gasteiger partial charge in [-0.2, -0.15) is 0 Å². The topological polar surface area (TPSA) is 38.9 Å². The summed E-state index contributed by atoms with van der Waals surface area (Å²) in [4.78, 5) is 11.3. The fourth-order valence-electron chi connectivity index (χ4n) is 7.60. The second-order valence-electron chi connectivity index (χ2n) is 13.2. The molecule has 5 nitrogen and oxygen atoms in total. The first-order valence-electron chi connectivity index (χ1n) is 17.8. The van der Waals surface area contributed by atoms with Gasteiger partial charge < -0.3 is 14.0 Å². The van der Waals surface area contributed by atoms with Crippen LogP contribution in [0.4, 0.5) is 17.1 Å². The third-order valence-electron chi connectivity index (χ3n) is 10.1. The lowest BCUT2D eigenvalue weighted by Gasteiger charge is -2.26. The van der Waals surface area contributed by atoms with E-state index in [-0.39, 0.29) is 0 Å². The van der Waals surface area contributed by atoms with Gasteiger partial charge in [-0.05, 0) is 102 Å². The lowest BCUT2D eigenvalue weighted by molar-refractivity contribution is 1.12. The molecule has 0 amide bonds. The number of benzene rings is 6. The van der Waals surface area contributed by atoms with Crippen molar-refractivity contribution in [1.82, 2.24) is 19.1 Å². The highest BCUT2D eigenvalue weighted by molar-refractivity contribution is 6.19. The average molecular weight is 680 g/mol. The van der Waals surface area contributed by atoms with Crippen LogP contribution in [-0.4, -0.2) is 19.1 Å². The van der Waals surface area contributed by atoms with Crippen molar-refractivity contribution in [3.05, 3.63) is 201 Å². The zero-order chi connectivity index (χ0) is 35.1. The summed E-state index contributed by atoms with van der Waals surface area (Å²) in [5, 5.41) is 3.59. The molecule has 10 aromatic rings. The van der Waals surface area contributed by atoms with Gasteiger partial charge in [0.05, 0.1) is 22.2 Å². The molecule has 0 aliphatic carbocycles. The molecule has 5 heteroatoms. The van der Waals surface area contributed by atoms with Crippen LogP contribution in [-0.2, 0) is 0 Å². The van der Waals surface area contributed by atoms with Crippen LogP contribution in [0.3, 0.4) is 0 Å². The summed E-state index contributed by atoms with van der Waals surface area (Å²) in [7, 11) is 0. The van der Waals surface area contributed by atoms with Gasteiger partial charge in [-0.25, -0.2) is 0 Å². The first kappa shape index (κ1) is 30.6. The molecule has 0 atom stereocenters. The SMILES string of the molecule is c1ccc(-n2ccc3ccc4c5cc(N(c6ccc(-c7cccnc7)cc6)c6ccc(-c7ccccn7)cc6)ccc5n(-c5ccccc5)c4c32)cc1.